The fourth-order valence-electron chi connectivity index (χ4n) is 4.14. The van der Waals surface area contributed by atoms with E-state index < -0.39 is 0 Å². The highest BCUT2D eigenvalue weighted by molar-refractivity contribution is 7.10. The van der Waals surface area contributed by atoms with E-state index in [0.717, 1.165) is 30.2 Å². The summed E-state index contributed by atoms with van der Waals surface area (Å²) < 4.78 is 3.53. The highest BCUT2D eigenvalue weighted by Gasteiger charge is 2.24. The molecule has 1 aliphatic heterocycles. The average Bonchev–Trinajstić information content (AvgIpc) is 3.37. The third kappa shape index (κ3) is 3.95. The lowest BCUT2D eigenvalue weighted by Gasteiger charge is -2.18. The van der Waals surface area contributed by atoms with Crippen molar-refractivity contribution < 1.29 is 0 Å². The van der Waals surface area contributed by atoms with Gasteiger partial charge in [0.25, 0.3) is 5.56 Å². The Labute approximate surface area is 196 Å². The van der Waals surface area contributed by atoms with E-state index in [1.54, 1.807) is 22.2 Å². The zero-order valence-electron chi connectivity index (χ0n) is 19.6. The molecule has 4 heterocycles. The second-order valence-electron chi connectivity index (χ2n) is 9.78. The van der Waals surface area contributed by atoms with Gasteiger partial charge in [0.1, 0.15) is 10.4 Å². The van der Waals surface area contributed by atoms with Crippen LogP contribution in [0.15, 0.2) is 34.6 Å². The molecule has 172 valence electrons. The molecule has 4 aromatic rings. The number of anilines is 2. The summed E-state index contributed by atoms with van der Waals surface area (Å²) in [6.07, 6.45) is 2.65. The summed E-state index contributed by atoms with van der Waals surface area (Å²) in [4.78, 5) is 27.3. The molecular weight excluding hydrogens is 434 g/mol. The van der Waals surface area contributed by atoms with Gasteiger partial charge >= 0.3 is 0 Å². The van der Waals surface area contributed by atoms with Gasteiger partial charge in [-0.1, -0.05) is 26.8 Å². The molecule has 3 aromatic heterocycles. The third-order valence-corrected chi connectivity index (χ3v) is 7.07. The molecular formula is C24H29N7OS. The van der Waals surface area contributed by atoms with Crippen LogP contribution in [0.1, 0.15) is 56.8 Å². The Hall–Kier alpha value is -3.04. The van der Waals surface area contributed by atoms with Crippen LogP contribution >= 0.6 is 11.3 Å². The molecule has 0 saturated heterocycles. The van der Waals surface area contributed by atoms with E-state index in [2.05, 4.69) is 54.6 Å². The van der Waals surface area contributed by atoms with Gasteiger partial charge in [0.05, 0.1) is 0 Å². The van der Waals surface area contributed by atoms with Gasteiger partial charge in [-0.15, -0.1) is 11.3 Å². The SMILES string of the molecule is CC(C)n1c(=O)c2cnc(Nc3ccc4c(c3)CNCC4)nc2n1-c1csc(C(C)(C)C)n1. The summed E-state index contributed by atoms with van der Waals surface area (Å²) in [6, 6.07) is 6.29. The lowest BCUT2D eigenvalue weighted by molar-refractivity contribution is 0.471. The Bertz CT molecular complexity index is 1390. The minimum atomic E-state index is -0.114. The van der Waals surface area contributed by atoms with Gasteiger partial charge in [-0.3, -0.25) is 4.79 Å². The van der Waals surface area contributed by atoms with Gasteiger partial charge in [0.15, 0.2) is 11.5 Å². The maximum Gasteiger partial charge on any atom is 0.278 e. The molecule has 5 rings (SSSR count). The van der Waals surface area contributed by atoms with Crippen molar-refractivity contribution in [3.63, 3.8) is 0 Å². The molecule has 0 saturated carbocycles. The molecule has 0 unspecified atom stereocenters. The van der Waals surface area contributed by atoms with Crippen molar-refractivity contribution in [2.24, 2.45) is 0 Å². The number of thiazole rings is 1. The lowest BCUT2D eigenvalue weighted by Crippen LogP contribution is -2.24. The number of fused-ring (bicyclic) bond motifs is 2. The maximum atomic E-state index is 13.2. The maximum absolute atomic E-state index is 13.2. The second kappa shape index (κ2) is 8.07. The predicted molar refractivity (Wildman–Crippen MR) is 133 cm³/mol. The first-order chi connectivity index (χ1) is 15.7. The Morgan fingerprint density at radius 1 is 1.18 bits per heavy atom. The van der Waals surface area contributed by atoms with Gasteiger partial charge in [-0.25, -0.2) is 19.3 Å². The predicted octanol–water partition coefficient (Wildman–Crippen LogP) is 4.31. The molecule has 0 aliphatic carbocycles. The fraction of sp³-hybridized carbons (Fsp3) is 0.417. The van der Waals surface area contributed by atoms with E-state index in [-0.39, 0.29) is 17.0 Å². The fourth-order valence-corrected chi connectivity index (χ4v) is 5.01. The zero-order valence-corrected chi connectivity index (χ0v) is 20.5. The van der Waals surface area contributed by atoms with Crippen LogP contribution in [0.2, 0.25) is 0 Å². The van der Waals surface area contributed by atoms with Crippen molar-refractivity contribution >= 4 is 34.0 Å². The molecule has 2 N–H and O–H groups in total. The highest BCUT2D eigenvalue weighted by Crippen LogP contribution is 2.29. The number of rotatable bonds is 4. The van der Waals surface area contributed by atoms with E-state index >= 15 is 0 Å². The van der Waals surface area contributed by atoms with Gasteiger partial charge in [-0.05, 0) is 50.1 Å². The van der Waals surface area contributed by atoms with E-state index in [0.29, 0.717) is 22.8 Å². The largest absolute Gasteiger partial charge is 0.324 e. The molecule has 0 amide bonds. The standard InChI is InChI=1S/C24H29N7OS/c1-14(2)30-21(32)18-12-26-23(27-17-7-6-15-8-9-25-11-16(15)10-17)29-20(18)31(30)19-13-33-22(28-19)24(3,4)5/h6-7,10,12-14,25H,8-9,11H2,1-5H3,(H,26,27,29). The van der Waals surface area contributed by atoms with Crippen LogP contribution in [-0.2, 0) is 18.4 Å². The summed E-state index contributed by atoms with van der Waals surface area (Å²) in [5.74, 6) is 1.15. The van der Waals surface area contributed by atoms with Crippen molar-refractivity contribution in [1.82, 2.24) is 29.6 Å². The summed E-state index contributed by atoms with van der Waals surface area (Å²) in [5, 5.41) is 10.2. The smallest absolute Gasteiger partial charge is 0.278 e. The average molecular weight is 464 g/mol. The molecule has 0 atom stereocenters. The number of hydrogen-bond donors (Lipinski definition) is 2. The monoisotopic (exact) mass is 463 g/mol. The number of hydrogen-bond acceptors (Lipinski definition) is 7. The molecule has 0 fully saturated rings. The summed E-state index contributed by atoms with van der Waals surface area (Å²) >= 11 is 1.60. The van der Waals surface area contributed by atoms with E-state index in [4.69, 9.17) is 9.97 Å². The normalized spacial score (nSPS) is 14.1. The molecule has 1 aromatic carbocycles. The second-order valence-corrected chi connectivity index (χ2v) is 10.6. The van der Waals surface area contributed by atoms with Crippen LogP contribution in [0.25, 0.3) is 16.9 Å². The molecule has 8 nitrogen and oxygen atoms in total. The van der Waals surface area contributed by atoms with Crippen LogP contribution in [0.4, 0.5) is 11.6 Å². The lowest BCUT2D eigenvalue weighted by atomic mass is 9.98. The molecule has 0 spiro atoms. The van der Waals surface area contributed by atoms with Gasteiger partial charge in [0, 0.05) is 35.3 Å². The highest BCUT2D eigenvalue weighted by atomic mass is 32.1. The van der Waals surface area contributed by atoms with Crippen molar-refractivity contribution in [3.8, 4) is 5.82 Å². The first-order valence-electron chi connectivity index (χ1n) is 11.3. The van der Waals surface area contributed by atoms with Crippen LogP contribution < -0.4 is 16.2 Å². The van der Waals surface area contributed by atoms with Crippen LogP contribution in [0, 0.1) is 0 Å². The Kier molecular flexibility index (Phi) is 5.33. The number of nitrogens with zero attached hydrogens (tertiary/aromatic N) is 5. The first kappa shape index (κ1) is 21.8. The van der Waals surface area contributed by atoms with Crippen molar-refractivity contribution in [3.05, 3.63) is 56.3 Å². The number of benzene rings is 1. The number of aromatic nitrogens is 5. The molecule has 1 aliphatic rings. The Morgan fingerprint density at radius 2 is 2.00 bits per heavy atom. The summed E-state index contributed by atoms with van der Waals surface area (Å²) in [6.45, 7) is 12.3. The zero-order chi connectivity index (χ0) is 23.3. The van der Waals surface area contributed by atoms with E-state index in [1.165, 1.54) is 11.1 Å². The van der Waals surface area contributed by atoms with Gasteiger partial charge in [-0.2, -0.15) is 4.98 Å². The first-order valence-corrected chi connectivity index (χ1v) is 12.2. The van der Waals surface area contributed by atoms with Gasteiger partial charge in [0.2, 0.25) is 5.95 Å². The van der Waals surface area contributed by atoms with Crippen LogP contribution in [0.3, 0.4) is 0 Å². The number of nitrogens with one attached hydrogen (secondary N) is 2. The van der Waals surface area contributed by atoms with Crippen LogP contribution in [-0.4, -0.2) is 30.9 Å². The van der Waals surface area contributed by atoms with Crippen molar-refractivity contribution in [1.29, 1.82) is 0 Å². The molecule has 0 radical (unpaired) electrons. The van der Waals surface area contributed by atoms with Gasteiger partial charge < -0.3 is 10.6 Å². The molecule has 0 bridgehead atoms. The topological polar surface area (TPSA) is 89.7 Å². The van der Waals surface area contributed by atoms with E-state index in [1.807, 2.05) is 23.9 Å². The van der Waals surface area contributed by atoms with Crippen molar-refractivity contribution in [2.45, 2.75) is 59.0 Å². The molecule has 9 heteroatoms. The summed E-state index contributed by atoms with van der Waals surface area (Å²) in [7, 11) is 0. The van der Waals surface area contributed by atoms with Crippen molar-refractivity contribution in [2.75, 3.05) is 11.9 Å². The van der Waals surface area contributed by atoms with E-state index in [9.17, 15) is 4.79 Å². The minimum Gasteiger partial charge on any atom is -0.324 e. The third-order valence-electron chi connectivity index (χ3n) is 5.81. The molecule has 33 heavy (non-hydrogen) atoms. The Balaban J connectivity index is 1.61. The summed E-state index contributed by atoms with van der Waals surface area (Å²) in [5.41, 5.74) is 3.95. The quantitative estimate of drug-likeness (QED) is 0.469. The Morgan fingerprint density at radius 3 is 2.73 bits per heavy atom. The minimum absolute atomic E-state index is 0.0592. The van der Waals surface area contributed by atoms with Crippen LogP contribution in [0.5, 0.6) is 0 Å².